The molecular weight excluding hydrogens is 304 g/mol. The molecule has 0 aliphatic heterocycles. The lowest BCUT2D eigenvalue weighted by molar-refractivity contribution is 0.295. The zero-order valence-electron chi connectivity index (χ0n) is 10.5. The second-order valence-corrected chi connectivity index (χ2v) is 6.81. The van der Waals surface area contributed by atoms with Crippen LogP contribution in [0.4, 0.5) is 0 Å². The molecule has 1 aromatic heterocycles. The fourth-order valence-corrected chi connectivity index (χ4v) is 2.91. The van der Waals surface area contributed by atoms with Crippen LogP contribution in [-0.4, -0.2) is 36.0 Å². The number of sulfone groups is 1. The van der Waals surface area contributed by atoms with Gasteiger partial charge in [-0.25, -0.2) is 8.42 Å². The molecule has 0 aliphatic carbocycles. The van der Waals surface area contributed by atoms with E-state index in [9.17, 15) is 8.42 Å². The van der Waals surface area contributed by atoms with Crippen LogP contribution in [0, 0.1) is 0 Å². The molecule has 1 N–H and O–H groups in total. The first-order valence-electron chi connectivity index (χ1n) is 5.90. The molecule has 20 heavy (non-hydrogen) atoms. The molecule has 2 rings (SSSR count). The monoisotopic (exact) mass is 316 g/mol. The lowest BCUT2D eigenvalue weighted by Crippen LogP contribution is -2.10. The topological polar surface area (TPSA) is 93.3 Å². The van der Waals surface area contributed by atoms with E-state index in [0.717, 1.165) is 0 Å². The van der Waals surface area contributed by atoms with Gasteiger partial charge in [-0.1, -0.05) is 16.8 Å². The zero-order valence-corrected chi connectivity index (χ0v) is 12.1. The molecule has 6 nitrogen and oxygen atoms in total. The molecule has 8 heteroatoms. The number of rotatable bonds is 6. The Morgan fingerprint density at radius 3 is 2.60 bits per heavy atom. The average Bonchev–Trinajstić information content (AvgIpc) is 2.85. The molecule has 0 bridgehead atoms. The summed E-state index contributed by atoms with van der Waals surface area (Å²) in [4.78, 5) is 4.04. The lowest BCUT2D eigenvalue weighted by Gasteiger charge is -1.98. The first-order valence-corrected chi connectivity index (χ1v) is 8.10. The van der Waals surface area contributed by atoms with Crippen LogP contribution in [0.25, 0.3) is 11.4 Å². The molecular formula is C12H13ClN2O4S. The van der Waals surface area contributed by atoms with Crippen molar-refractivity contribution in [1.82, 2.24) is 10.1 Å². The van der Waals surface area contributed by atoms with E-state index in [0.29, 0.717) is 16.4 Å². The SMILES string of the molecule is O=S(=O)(CCCO)Cc1nc(-c2ccc(Cl)cc2)no1. The highest BCUT2D eigenvalue weighted by atomic mass is 35.5. The normalized spacial score (nSPS) is 11.7. The predicted molar refractivity (Wildman–Crippen MR) is 73.9 cm³/mol. The quantitative estimate of drug-likeness (QED) is 0.871. The van der Waals surface area contributed by atoms with Gasteiger partial charge in [-0.05, 0) is 30.7 Å². The maximum Gasteiger partial charge on any atom is 0.242 e. The highest BCUT2D eigenvalue weighted by Crippen LogP contribution is 2.19. The summed E-state index contributed by atoms with van der Waals surface area (Å²) in [5.74, 6) is -0.0858. The number of hydrogen-bond donors (Lipinski definition) is 1. The zero-order chi connectivity index (χ0) is 14.6. The third-order valence-electron chi connectivity index (χ3n) is 2.53. The van der Waals surface area contributed by atoms with Crippen molar-refractivity contribution in [2.75, 3.05) is 12.4 Å². The highest BCUT2D eigenvalue weighted by Gasteiger charge is 2.17. The Balaban J connectivity index is 2.11. The van der Waals surface area contributed by atoms with E-state index in [2.05, 4.69) is 10.1 Å². The van der Waals surface area contributed by atoms with Crippen LogP contribution in [-0.2, 0) is 15.6 Å². The van der Waals surface area contributed by atoms with Gasteiger partial charge in [0.25, 0.3) is 0 Å². The minimum Gasteiger partial charge on any atom is -0.396 e. The van der Waals surface area contributed by atoms with E-state index in [-0.39, 0.29) is 30.4 Å². The Kier molecular flexibility index (Phi) is 4.74. The summed E-state index contributed by atoms with van der Waals surface area (Å²) in [6.45, 7) is -0.168. The smallest absolute Gasteiger partial charge is 0.242 e. The summed E-state index contributed by atoms with van der Waals surface area (Å²) in [5, 5.41) is 13.0. The molecule has 108 valence electrons. The summed E-state index contributed by atoms with van der Waals surface area (Å²) < 4.78 is 28.3. The number of hydrogen-bond acceptors (Lipinski definition) is 6. The second kappa shape index (κ2) is 6.34. The molecule has 0 atom stereocenters. The van der Waals surface area contributed by atoms with Gasteiger partial charge in [0.05, 0.1) is 5.75 Å². The second-order valence-electron chi connectivity index (χ2n) is 4.19. The van der Waals surface area contributed by atoms with Gasteiger partial charge in [-0.2, -0.15) is 4.98 Å². The Bertz CT molecular complexity index is 667. The van der Waals surface area contributed by atoms with Crippen molar-refractivity contribution < 1.29 is 18.0 Å². The molecule has 0 saturated heterocycles. The van der Waals surface area contributed by atoms with Crippen molar-refractivity contribution in [3.63, 3.8) is 0 Å². The van der Waals surface area contributed by atoms with Crippen molar-refractivity contribution in [3.05, 3.63) is 35.2 Å². The van der Waals surface area contributed by atoms with Crippen LogP contribution < -0.4 is 0 Å². The van der Waals surface area contributed by atoms with Crippen molar-refractivity contribution in [2.24, 2.45) is 0 Å². The van der Waals surface area contributed by atoms with Gasteiger partial charge in [-0.3, -0.25) is 0 Å². The summed E-state index contributed by atoms with van der Waals surface area (Å²) in [6, 6.07) is 6.81. The Morgan fingerprint density at radius 1 is 1.25 bits per heavy atom. The standard InChI is InChI=1S/C12H13ClN2O4S/c13-10-4-2-9(3-5-10)12-14-11(19-15-12)8-20(17,18)7-1-6-16/h2-5,16H,1,6-8H2. The van der Waals surface area contributed by atoms with Crippen LogP contribution in [0.5, 0.6) is 0 Å². The average molecular weight is 317 g/mol. The summed E-state index contributed by atoms with van der Waals surface area (Å²) in [6.07, 6.45) is 0.195. The third-order valence-corrected chi connectivity index (χ3v) is 4.38. The largest absolute Gasteiger partial charge is 0.396 e. The van der Waals surface area contributed by atoms with E-state index < -0.39 is 9.84 Å². The maximum atomic E-state index is 11.7. The minimum atomic E-state index is -3.35. The Hall–Kier alpha value is -1.44. The van der Waals surface area contributed by atoms with Crippen LogP contribution >= 0.6 is 11.6 Å². The van der Waals surface area contributed by atoms with Gasteiger partial charge in [0, 0.05) is 17.2 Å². The highest BCUT2D eigenvalue weighted by molar-refractivity contribution is 7.90. The number of aliphatic hydroxyl groups is 1. The fraction of sp³-hybridized carbons (Fsp3) is 0.333. The molecule has 0 radical (unpaired) electrons. The molecule has 1 aromatic carbocycles. The molecule has 0 amide bonds. The number of aromatic nitrogens is 2. The summed E-state index contributed by atoms with van der Waals surface area (Å²) in [7, 11) is -3.35. The fourth-order valence-electron chi connectivity index (χ4n) is 1.57. The van der Waals surface area contributed by atoms with Gasteiger partial charge in [0.15, 0.2) is 9.84 Å². The van der Waals surface area contributed by atoms with Gasteiger partial charge >= 0.3 is 0 Å². The van der Waals surface area contributed by atoms with Crippen molar-refractivity contribution >= 4 is 21.4 Å². The van der Waals surface area contributed by atoms with Crippen LogP contribution in [0.2, 0.25) is 5.02 Å². The molecule has 2 aromatic rings. The molecule has 0 saturated carbocycles. The number of benzene rings is 1. The van der Waals surface area contributed by atoms with Crippen molar-refractivity contribution in [3.8, 4) is 11.4 Å². The molecule has 0 unspecified atom stereocenters. The first-order chi connectivity index (χ1) is 9.50. The van der Waals surface area contributed by atoms with Crippen LogP contribution in [0.3, 0.4) is 0 Å². The first kappa shape index (κ1) is 15.0. The van der Waals surface area contributed by atoms with Gasteiger partial charge in [0.1, 0.15) is 5.75 Å². The molecule has 1 heterocycles. The van der Waals surface area contributed by atoms with E-state index in [4.69, 9.17) is 21.2 Å². The van der Waals surface area contributed by atoms with E-state index >= 15 is 0 Å². The summed E-state index contributed by atoms with van der Waals surface area (Å²) in [5.41, 5.74) is 0.692. The third kappa shape index (κ3) is 4.03. The van der Waals surface area contributed by atoms with E-state index in [1.165, 1.54) is 0 Å². The predicted octanol–water partition coefficient (Wildman–Crippen LogP) is 1.69. The van der Waals surface area contributed by atoms with Crippen molar-refractivity contribution in [1.29, 1.82) is 0 Å². The van der Waals surface area contributed by atoms with Crippen molar-refractivity contribution in [2.45, 2.75) is 12.2 Å². The molecule has 0 aliphatic rings. The minimum absolute atomic E-state index is 0.0351. The molecule has 0 spiro atoms. The summed E-state index contributed by atoms with van der Waals surface area (Å²) >= 11 is 5.78. The van der Waals surface area contributed by atoms with E-state index in [1.807, 2.05) is 0 Å². The maximum absolute atomic E-state index is 11.7. The van der Waals surface area contributed by atoms with Gasteiger partial charge in [0.2, 0.25) is 11.7 Å². The van der Waals surface area contributed by atoms with E-state index in [1.54, 1.807) is 24.3 Å². The molecule has 0 fully saturated rings. The number of nitrogens with zero attached hydrogens (tertiary/aromatic N) is 2. The number of aliphatic hydroxyl groups excluding tert-OH is 1. The number of halogens is 1. The Labute approximate surface area is 121 Å². The van der Waals surface area contributed by atoms with Crippen LogP contribution in [0.1, 0.15) is 12.3 Å². The van der Waals surface area contributed by atoms with Crippen LogP contribution in [0.15, 0.2) is 28.8 Å². The lowest BCUT2D eigenvalue weighted by atomic mass is 10.2. The van der Waals surface area contributed by atoms with Gasteiger partial charge in [-0.15, -0.1) is 0 Å². The van der Waals surface area contributed by atoms with Gasteiger partial charge < -0.3 is 9.63 Å². The Morgan fingerprint density at radius 2 is 1.95 bits per heavy atom.